The Morgan fingerprint density at radius 2 is 2.00 bits per heavy atom. The molecule has 1 amide bonds. The van der Waals surface area contributed by atoms with Crippen molar-refractivity contribution in [3.8, 4) is 5.75 Å². The molecule has 5 atom stereocenters. The first-order chi connectivity index (χ1) is 22.2. The molecule has 10 heteroatoms. The van der Waals surface area contributed by atoms with Gasteiger partial charge < -0.3 is 14.7 Å². The van der Waals surface area contributed by atoms with Crippen molar-refractivity contribution in [1.82, 2.24) is 9.71 Å². The number of hydrogen-bond acceptors (Lipinski definition) is 7. The largest absolute Gasteiger partial charge is 0.490 e. The van der Waals surface area contributed by atoms with Gasteiger partial charge in [0.1, 0.15) is 5.75 Å². The number of ether oxygens (including phenoxy) is 1. The fourth-order valence-electron chi connectivity index (χ4n) is 7.86. The second-order valence-corrected chi connectivity index (χ2v) is 15.8. The van der Waals surface area contributed by atoms with Gasteiger partial charge in [0.15, 0.2) is 0 Å². The number of pyridine rings is 1. The average Bonchev–Trinajstić information content (AvgIpc) is 3.17. The van der Waals surface area contributed by atoms with E-state index >= 15 is 0 Å². The summed E-state index contributed by atoms with van der Waals surface area (Å²) >= 11 is 6.41. The van der Waals surface area contributed by atoms with Crippen molar-refractivity contribution in [1.29, 1.82) is 0 Å². The lowest BCUT2D eigenvalue weighted by molar-refractivity contribution is 0.0456. The molecule has 7 rings (SSSR count). The first-order valence-electron chi connectivity index (χ1n) is 16.3. The zero-order valence-corrected chi connectivity index (χ0v) is 27.3. The minimum absolute atomic E-state index is 0.102. The summed E-state index contributed by atoms with van der Waals surface area (Å²) in [7, 11) is -4.06. The van der Waals surface area contributed by atoms with Crippen molar-refractivity contribution < 1.29 is 23.1 Å². The van der Waals surface area contributed by atoms with Crippen molar-refractivity contribution in [2.75, 3.05) is 24.6 Å². The summed E-state index contributed by atoms with van der Waals surface area (Å²) in [5.41, 5.74) is 3.89. The number of anilines is 1. The van der Waals surface area contributed by atoms with E-state index in [4.69, 9.17) is 16.3 Å². The highest BCUT2D eigenvalue weighted by Gasteiger charge is 2.44. The summed E-state index contributed by atoms with van der Waals surface area (Å²) < 4.78 is 36.3. The number of amides is 1. The third-order valence-electron chi connectivity index (χ3n) is 10.5. The average molecular weight is 662 g/mol. The van der Waals surface area contributed by atoms with Crippen molar-refractivity contribution in [2.45, 2.75) is 68.1 Å². The molecule has 1 saturated carbocycles. The molecule has 1 spiro atoms. The van der Waals surface area contributed by atoms with Crippen LogP contribution in [0.4, 0.5) is 5.69 Å². The van der Waals surface area contributed by atoms with Crippen molar-refractivity contribution in [2.24, 2.45) is 11.8 Å². The summed E-state index contributed by atoms with van der Waals surface area (Å²) in [4.78, 5) is 20.3. The minimum atomic E-state index is -4.06. The molecule has 2 aliphatic heterocycles. The van der Waals surface area contributed by atoms with Crippen LogP contribution < -0.4 is 14.4 Å². The minimum Gasteiger partial charge on any atom is -0.490 e. The Morgan fingerprint density at radius 3 is 2.80 bits per heavy atom. The maximum absolute atomic E-state index is 13.7. The number of aromatic nitrogens is 1. The lowest BCUT2D eigenvalue weighted by atomic mass is 9.68. The van der Waals surface area contributed by atoms with Gasteiger partial charge in [0, 0.05) is 47.4 Å². The van der Waals surface area contributed by atoms with Crippen LogP contribution in [0, 0.1) is 11.8 Å². The van der Waals surface area contributed by atoms with Crippen LogP contribution in [-0.4, -0.2) is 55.5 Å². The number of nitrogens with one attached hydrogen (secondary N) is 1. The number of rotatable bonds is 2. The number of fused-ring (bicyclic) bond motifs is 4. The van der Waals surface area contributed by atoms with E-state index in [0.29, 0.717) is 37.6 Å². The first kappa shape index (κ1) is 31.2. The van der Waals surface area contributed by atoms with Gasteiger partial charge in [-0.3, -0.25) is 9.78 Å². The van der Waals surface area contributed by atoms with Crippen LogP contribution in [-0.2, 0) is 28.3 Å². The number of allylic oxidation sites excluding steroid dienone is 1. The molecule has 0 unspecified atom stereocenters. The normalized spacial score (nSPS) is 29.7. The Kier molecular flexibility index (Phi) is 8.59. The molecule has 4 aliphatic rings. The first-order valence-corrected chi connectivity index (χ1v) is 18.2. The van der Waals surface area contributed by atoms with E-state index in [2.05, 4.69) is 26.7 Å². The van der Waals surface area contributed by atoms with Gasteiger partial charge >= 0.3 is 0 Å². The summed E-state index contributed by atoms with van der Waals surface area (Å²) in [6, 6.07) is 16.8. The van der Waals surface area contributed by atoms with Crippen LogP contribution in [0.1, 0.15) is 65.7 Å². The van der Waals surface area contributed by atoms with E-state index in [1.165, 1.54) is 11.1 Å². The SMILES string of the molecule is O=C1NS(=O)(=O)[C@@H](Cc2ccccn2)CC/C=C/[C@H](O)[C@@H]2CC[C@H]2CN2C[C@@]3(CCCc4cc(Cl)ccc43)COc3ccc1cc32. The van der Waals surface area contributed by atoms with E-state index in [1.54, 1.807) is 36.5 Å². The summed E-state index contributed by atoms with van der Waals surface area (Å²) in [6.07, 6.45) is 10.5. The highest BCUT2D eigenvalue weighted by Crippen LogP contribution is 2.46. The third-order valence-corrected chi connectivity index (χ3v) is 12.5. The Bertz CT molecular complexity index is 1750. The van der Waals surface area contributed by atoms with Crippen molar-refractivity contribution >= 4 is 33.2 Å². The number of carbonyl (C=O) groups excluding carboxylic acids is 1. The van der Waals surface area contributed by atoms with Gasteiger partial charge in [-0.25, -0.2) is 13.1 Å². The number of benzene rings is 2. The number of aliphatic hydroxyl groups excluding tert-OH is 1. The Hall–Kier alpha value is -3.40. The van der Waals surface area contributed by atoms with Gasteiger partial charge in [-0.15, -0.1) is 0 Å². The van der Waals surface area contributed by atoms with Gasteiger partial charge in [0.25, 0.3) is 5.91 Å². The molecule has 8 nitrogen and oxygen atoms in total. The number of aliphatic hydroxyl groups is 1. The fraction of sp³-hybridized carbons (Fsp3) is 0.444. The predicted molar refractivity (Wildman–Crippen MR) is 179 cm³/mol. The lowest BCUT2D eigenvalue weighted by Gasteiger charge is -2.45. The fourth-order valence-corrected chi connectivity index (χ4v) is 9.43. The number of aryl methyl sites for hydroxylation is 1. The number of hydrogen-bond donors (Lipinski definition) is 2. The molecule has 2 aliphatic carbocycles. The maximum Gasteiger partial charge on any atom is 0.264 e. The predicted octanol–water partition coefficient (Wildman–Crippen LogP) is 5.62. The molecule has 242 valence electrons. The number of sulfonamides is 1. The van der Waals surface area contributed by atoms with Crippen molar-refractivity contribution in [3.05, 3.63) is 100 Å². The van der Waals surface area contributed by atoms with Gasteiger partial charge in [-0.1, -0.05) is 35.9 Å². The smallest absolute Gasteiger partial charge is 0.264 e. The van der Waals surface area contributed by atoms with E-state index in [1.807, 2.05) is 24.3 Å². The quantitative estimate of drug-likeness (QED) is 0.344. The number of halogens is 1. The number of carbonyl (C=O) groups is 1. The Balaban J connectivity index is 1.26. The van der Waals surface area contributed by atoms with Crippen LogP contribution in [0.3, 0.4) is 0 Å². The Morgan fingerprint density at radius 1 is 1.11 bits per heavy atom. The Labute approximate surface area is 275 Å². The molecule has 0 saturated heterocycles. The van der Waals surface area contributed by atoms with Gasteiger partial charge in [-0.05, 0) is 110 Å². The number of nitrogens with zero attached hydrogens (tertiary/aromatic N) is 2. The van der Waals surface area contributed by atoms with E-state index in [-0.39, 0.29) is 35.7 Å². The molecular weight excluding hydrogens is 622 g/mol. The van der Waals surface area contributed by atoms with Crippen LogP contribution in [0.15, 0.2) is 72.9 Å². The van der Waals surface area contributed by atoms with Crippen LogP contribution in [0.5, 0.6) is 5.75 Å². The summed E-state index contributed by atoms with van der Waals surface area (Å²) in [6.45, 7) is 1.87. The standard InChI is InChI=1S/C36H40ClN3O5S/c37-27-12-14-31-24(18-27)6-5-16-36(31)22-40-21-26-10-13-30(26)33(41)9-2-1-8-29(20-28-7-3-4-17-38-28)46(43,44)39-35(42)25-11-15-34(45-23-36)32(40)19-25/h2-4,7,9,11-12,14-15,17-19,26,29-30,33,41H,1,5-6,8,10,13,16,20-23H2,(H,39,42)/b9-2+/t26-,29+,30+,33-,36-/m0/s1. The molecule has 0 radical (unpaired) electrons. The second kappa shape index (κ2) is 12.7. The molecule has 1 aromatic heterocycles. The van der Waals surface area contributed by atoms with E-state index < -0.39 is 27.3 Å². The van der Waals surface area contributed by atoms with Crippen LogP contribution >= 0.6 is 11.6 Å². The maximum atomic E-state index is 13.7. The summed E-state index contributed by atoms with van der Waals surface area (Å²) in [5.74, 6) is 0.371. The van der Waals surface area contributed by atoms with Crippen molar-refractivity contribution in [3.63, 3.8) is 0 Å². The van der Waals surface area contributed by atoms with Crippen LogP contribution in [0.2, 0.25) is 5.02 Å². The second-order valence-electron chi connectivity index (χ2n) is 13.4. The van der Waals surface area contributed by atoms with Crippen LogP contribution in [0.25, 0.3) is 0 Å². The molecule has 2 bridgehead atoms. The zero-order chi connectivity index (χ0) is 31.9. The molecule has 2 aromatic carbocycles. The van der Waals surface area contributed by atoms with Gasteiger partial charge in [0.2, 0.25) is 10.0 Å². The molecule has 3 aromatic rings. The van der Waals surface area contributed by atoms with E-state index in [9.17, 15) is 18.3 Å². The molecule has 1 fully saturated rings. The molecular formula is C36H40ClN3O5S. The van der Waals surface area contributed by atoms with E-state index in [0.717, 1.165) is 42.8 Å². The molecule has 3 heterocycles. The highest BCUT2D eigenvalue weighted by atomic mass is 35.5. The van der Waals surface area contributed by atoms with Gasteiger partial charge in [-0.2, -0.15) is 0 Å². The monoisotopic (exact) mass is 661 g/mol. The lowest BCUT2D eigenvalue weighted by Crippen LogP contribution is -2.49. The molecule has 2 N–H and O–H groups in total. The third kappa shape index (κ3) is 6.17. The highest BCUT2D eigenvalue weighted by molar-refractivity contribution is 7.90. The topological polar surface area (TPSA) is 109 Å². The molecule has 46 heavy (non-hydrogen) atoms. The zero-order valence-electron chi connectivity index (χ0n) is 25.8. The van der Waals surface area contributed by atoms with Gasteiger partial charge in [0.05, 0.1) is 23.6 Å². The summed E-state index contributed by atoms with van der Waals surface area (Å²) in [5, 5.41) is 11.1.